The summed E-state index contributed by atoms with van der Waals surface area (Å²) < 4.78 is 15.7. The number of halogens is 1. The molecule has 0 spiro atoms. The first-order chi connectivity index (χ1) is 11.9. The molecule has 2 amide bonds. The Hall–Kier alpha value is -2.70. The molecule has 0 bridgehead atoms. The molecule has 25 heavy (non-hydrogen) atoms. The Morgan fingerprint density at radius 2 is 1.72 bits per heavy atom. The van der Waals surface area contributed by atoms with Crippen molar-refractivity contribution >= 4 is 11.8 Å². The van der Waals surface area contributed by atoms with E-state index in [0.29, 0.717) is 37.4 Å². The lowest BCUT2D eigenvalue weighted by Crippen LogP contribution is -2.50. The predicted molar refractivity (Wildman–Crippen MR) is 91.5 cm³/mol. The van der Waals surface area contributed by atoms with Gasteiger partial charge in [-0.15, -0.1) is 0 Å². The molecule has 0 N–H and O–H groups in total. The number of aromatic nitrogens is 2. The maximum Gasteiger partial charge on any atom is 0.274 e. The molecule has 1 aliphatic rings. The maximum atomic E-state index is 14.1. The lowest BCUT2D eigenvalue weighted by Gasteiger charge is -2.33. The number of amides is 2. The molecule has 1 fully saturated rings. The van der Waals surface area contributed by atoms with Crippen LogP contribution in [-0.4, -0.2) is 57.6 Å². The van der Waals surface area contributed by atoms with Crippen molar-refractivity contribution in [3.8, 4) is 11.3 Å². The first-order valence-corrected chi connectivity index (χ1v) is 8.22. The average molecular weight is 344 g/mol. The van der Waals surface area contributed by atoms with Gasteiger partial charge in [-0.05, 0) is 25.1 Å². The monoisotopic (exact) mass is 344 g/mol. The van der Waals surface area contributed by atoms with Gasteiger partial charge in [-0.2, -0.15) is 5.10 Å². The van der Waals surface area contributed by atoms with Crippen LogP contribution in [0, 0.1) is 12.7 Å². The third-order valence-electron chi connectivity index (χ3n) is 4.51. The van der Waals surface area contributed by atoms with Crippen molar-refractivity contribution in [2.24, 2.45) is 7.05 Å². The van der Waals surface area contributed by atoms with Gasteiger partial charge in [0.05, 0.1) is 5.69 Å². The first kappa shape index (κ1) is 17.1. The molecular weight excluding hydrogens is 323 g/mol. The highest BCUT2D eigenvalue weighted by Gasteiger charge is 2.25. The van der Waals surface area contributed by atoms with Gasteiger partial charge in [0, 0.05) is 45.7 Å². The highest BCUT2D eigenvalue weighted by Crippen LogP contribution is 2.25. The zero-order valence-corrected chi connectivity index (χ0v) is 14.6. The zero-order chi connectivity index (χ0) is 18.1. The van der Waals surface area contributed by atoms with Gasteiger partial charge in [0.2, 0.25) is 5.91 Å². The van der Waals surface area contributed by atoms with Crippen LogP contribution in [0.2, 0.25) is 0 Å². The van der Waals surface area contributed by atoms with E-state index in [1.54, 1.807) is 35.0 Å². The van der Waals surface area contributed by atoms with Crippen LogP contribution in [0.25, 0.3) is 11.3 Å². The van der Waals surface area contributed by atoms with E-state index in [2.05, 4.69) is 5.10 Å². The number of rotatable bonds is 2. The normalized spacial score (nSPS) is 14.7. The summed E-state index contributed by atoms with van der Waals surface area (Å²) >= 11 is 0. The Morgan fingerprint density at radius 1 is 1.08 bits per heavy atom. The van der Waals surface area contributed by atoms with Crippen molar-refractivity contribution in [1.29, 1.82) is 0 Å². The molecule has 7 heteroatoms. The smallest absolute Gasteiger partial charge is 0.274 e. The Balaban J connectivity index is 1.82. The van der Waals surface area contributed by atoms with E-state index in [1.165, 1.54) is 17.7 Å². The van der Waals surface area contributed by atoms with Crippen molar-refractivity contribution in [2.45, 2.75) is 13.8 Å². The highest BCUT2D eigenvalue weighted by atomic mass is 19.1. The second kappa shape index (κ2) is 6.66. The van der Waals surface area contributed by atoms with Crippen LogP contribution in [0.5, 0.6) is 0 Å². The fourth-order valence-corrected chi connectivity index (χ4v) is 3.05. The van der Waals surface area contributed by atoms with Gasteiger partial charge in [0.15, 0.2) is 5.69 Å². The van der Waals surface area contributed by atoms with Crippen LogP contribution in [0.3, 0.4) is 0 Å². The molecule has 1 saturated heterocycles. The van der Waals surface area contributed by atoms with E-state index in [0.717, 1.165) is 5.56 Å². The van der Waals surface area contributed by atoms with E-state index in [-0.39, 0.29) is 23.3 Å². The number of benzene rings is 1. The highest BCUT2D eigenvalue weighted by molar-refractivity contribution is 5.93. The Bertz CT molecular complexity index is 822. The quantitative estimate of drug-likeness (QED) is 0.835. The minimum Gasteiger partial charge on any atom is -0.339 e. The van der Waals surface area contributed by atoms with Crippen molar-refractivity contribution in [2.75, 3.05) is 26.2 Å². The Kier molecular flexibility index (Phi) is 4.57. The van der Waals surface area contributed by atoms with Crippen LogP contribution in [0.15, 0.2) is 24.3 Å². The first-order valence-electron chi connectivity index (χ1n) is 8.22. The molecule has 3 rings (SSSR count). The molecule has 1 aromatic heterocycles. The number of aryl methyl sites for hydroxylation is 2. The third-order valence-corrected chi connectivity index (χ3v) is 4.51. The second-order valence-corrected chi connectivity index (χ2v) is 6.32. The van der Waals surface area contributed by atoms with Gasteiger partial charge in [0.25, 0.3) is 5.91 Å². The molecule has 0 atom stereocenters. The molecule has 1 aliphatic heterocycles. The minimum absolute atomic E-state index is 0.0159. The van der Waals surface area contributed by atoms with Crippen LogP contribution in [0.1, 0.15) is 23.0 Å². The molecule has 0 radical (unpaired) electrons. The lowest BCUT2D eigenvalue weighted by atomic mass is 10.1. The van der Waals surface area contributed by atoms with E-state index < -0.39 is 0 Å². The van der Waals surface area contributed by atoms with E-state index in [9.17, 15) is 14.0 Å². The van der Waals surface area contributed by atoms with E-state index in [4.69, 9.17) is 0 Å². The molecule has 6 nitrogen and oxygen atoms in total. The second-order valence-electron chi connectivity index (χ2n) is 6.32. The summed E-state index contributed by atoms with van der Waals surface area (Å²) in [7, 11) is 1.70. The fraction of sp³-hybridized carbons (Fsp3) is 0.389. The summed E-state index contributed by atoms with van der Waals surface area (Å²) in [6.45, 7) is 5.41. The van der Waals surface area contributed by atoms with Crippen molar-refractivity contribution < 1.29 is 14.0 Å². The summed E-state index contributed by atoms with van der Waals surface area (Å²) in [5.41, 5.74) is 2.21. The SMILES string of the molecule is CC(=O)N1CCN(C(=O)c2cc(-c3cc(C)ccc3F)n(C)n2)CC1. The molecule has 1 aromatic carbocycles. The fourth-order valence-electron chi connectivity index (χ4n) is 3.05. The zero-order valence-electron chi connectivity index (χ0n) is 14.6. The number of piperazine rings is 1. The van der Waals surface area contributed by atoms with Crippen molar-refractivity contribution in [3.63, 3.8) is 0 Å². The Morgan fingerprint density at radius 3 is 2.36 bits per heavy atom. The molecule has 0 unspecified atom stereocenters. The van der Waals surface area contributed by atoms with Crippen LogP contribution in [0.4, 0.5) is 4.39 Å². The van der Waals surface area contributed by atoms with E-state index >= 15 is 0 Å². The number of hydrogen-bond acceptors (Lipinski definition) is 3. The summed E-state index contributed by atoms with van der Waals surface area (Å²) in [4.78, 5) is 27.5. The standard InChI is InChI=1S/C18H21FN4O2/c1-12-4-5-15(19)14(10-12)17-11-16(20-21(17)3)18(25)23-8-6-22(7-9-23)13(2)24/h4-5,10-11H,6-9H2,1-3H3. The van der Waals surface area contributed by atoms with E-state index in [1.807, 2.05) is 6.92 Å². The Labute approximate surface area is 145 Å². The molecule has 0 saturated carbocycles. The summed E-state index contributed by atoms with van der Waals surface area (Å²) in [5.74, 6) is -0.525. The molecular formula is C18H21FN4O2. The largest absolute Gasteiger partial charge is 0.339 e. The lowest BCUT2D eigenvalue weighted by molar-refractivity contribution is -0.130. The number of carbonyl (C=O) groups excluding carboxylic acids is 2. The summed E-state index contributed by atoms with van der Waals surface area (Å²) in [6, 6.07) is 6.49. The number of hydrogen-bond donors (Lipinski definition) is 0. The summed E-state index contributed by atoms with van der Waals surface area (Å²) in [5, 5.41) is 4.27. The minimum atomic E-state index is -0.345. The van der Waals surface area contributed by atoms with Gasteiger partial charge in [-0.3, -0.25) is 14.3 Å². The van der Waals surface area contributed by atoms with Crippen LogP contribution in [-0.2, 0) is 11.8 Å². The average Bonchev–Trinajstić information content (AvgIpc) is 2.98. The van der Waals surface area contributed by atoms with Gasteiger partial charge in [-0.1, -0.05) is 11.6 Å². The van der Waals surface area contributed by atoms with Crippen molar-refractivity contribution in [1.82, 2.24) is 19.6 Å². The van der Waals surface area contributed by atoms with Gasteiger partial charge in [0.1, 0.15) is 5.82 Å². The van der Waals surface area contributed by atoms with Crippen molar-refractivity contribution in [3.05, 3.63) is 41.3 Å². The topological polar surface area (TPSA) is 58.4 Å². The third kappa shape index (κ3) is 3.40. The predicted octanol–water partition coefficient (Wildman–Crippen LogP) is 1.84. The van der Waals surface area contributed by atoms with Crippen LogP contribution >= 0.6 is 0 Å². The molecule has 2 aromatic rings. The maximum absolute atomic E-state index is 14.1. The van der Waals surface area contributed by atoms with Gasteiger partial charge >= 0.3 is 0 Å². The molecule has 2 heterocycles. The molecule has 132 valence electrons. The molecule has 0 aliphatic carbocycles. The number of nitrogens with zero attached hydrogens (tertiary/aromatic N) is 4. The van der Waals surface area contributed by atoms with Crippen LogP contribution < -0.4 is 0 Å². The summed E-state index contributed by atoms with van der Waals surface area (Å²) in [6.07, 6.45) is 0. The number of carbonyl (C=O) groups is 2. The van der Waals surface area contributed by atoms with Gasteiger partial charge < -0.3 is 9.80 Å². The van der Waals surface area contributed by atoms with Gasteiger partial charge in [-0.25, -0.2) is 4.39 Å².